The fourth-order valence-corrected chi connectivity index (χ4v) is 2.93. The Balaban J connectivity index is 1.95. The second-order valence-electron chi connectivity index (χ2n) is 4.89. The molecule has 0 aliphatic rings. The first kappa shape index (κ1) is 17.1. The number of ether oxygens (including phenoxy) is 3. The lowest BCUT2D eigenvalue weighted by atomic mass is 10.1. The molecule has 0 saturated heterocycles. The molecule has 0 aliphatic carbocycles. The third-order valence-electron chi connectivity index (χ3n) is 3.39. The van der Waals surface area contributed by atoms with E-state index in [9.17, 15) is 4.79 Å². The molecule has 0 spiro atoms. The van der Waals surface area contributed by atoms with Crippen LogP contribution in [0.1, 0.15) is 16.9 Å². The summed E-state index contributed by atoms with van der Waals surface area (Å²) in [7, 11) is 4.70. The van der Waals surface area contributed by atoms with Crippen LogP contribution in [0.4, 0.5) is 0 Å². The summed E-state index contributed by atoms with van der Waals surface area (Å²) in [6.07, 6.45) is 1.24. The lowest BCUT2D eigenvalue weighted by molar-refractivity contribution is -0.121. The largest absolute Gasteiger partial charge is 0.493 e. The van der Waals surface area contributed by atoms with E-state index in [1.54, 1.807) is 32.7 Å². The summed E-state index contributed by atoms with van der Waals surface area (Å²) < 4.78 is 15.9. The van der Waals surface area contributed by atoms with Gasteiger partial charge >= 0.3 is 0 Å². The smallest absolute Gasteiger partial charge is 0.220 e. The van der Waals surface area contributed by atoms with Crippen molar-refractivity contribution in [2.24, 2.45) is 0 Å². The van der Waals surface area contributed by atoms with E-state index in [0.29, 0.717) is 30.2 Å². The van der Waals surface area contributed by atoms with E-state index in [4.69, 9.17) is 14.2 Å². The second-order valence-corrected chi connectivity index (χ2v) is 5.92. The predicted octanol–water partition coefficient (Wildman–Crippen LogP) is 3.02. The molecule has 0 unspecified atom stereocenters. The number of rotatable bonds is 8. The summed E-state index contributed by atoms with van der Waals surface area (Å²) in [5, 5.41) is 4.93. The molecule has 1 amide bonds. The van der Waals surface area contributed by atoms with Gasteiger partial charge < -0.3 is 19.5 Å². The summed E-state index contributed by atoms with van der Waals surface area (Å²) in [5.74, 6) is 1.72. The number of aryl methyl sites for hydroxylation is 1. The Morgan fingerprint density at radius 1 is 1.13 bits per heavy atom. The minimum atomic E-state index is 0.0205. The van der Waals surface area contributed by atoms with Crippen molar-refractivity contribution in [3.05, 3.63) is 40.1 Å². The molecule has 0 saturated carbocycles. The molecule has 0 aliphatic heterocycles. The normalized spacial score (nSPS) is 10.2. The van der Waals surface area contributed by atoms with Crippen molar-refractivity contribution in [3.8, 4) is 17.2 Å². The van der Waals surface area contributed by atoms with Gasteiger partial charge in [-0.15, -0.1) is 11.3 Å². The monoisotopic (exact) mass is 335 g/mol. The highest BCUT2D eigenvalue weighted by molar-refractivity contribution is 7.09. The van der Waals surface area contributed by atoms with Crippen molar-refractivity contribution < 1.29 is 19.0 Å². The van der Waals surface area contributed by atoms with E-state index in [-0.39, 0.29) is 5.91 Å². The summed E-state index contributed by atoms with van der Waals surface area (Å²) in [6, 6.07) is 7.70. The topological polar surface area (TPSA) is 56.8 Å². The minimum Gasteiger partial charge on any atom is -0.493 e. The molecule has 1 heterocycles. The van der Waals surface area contributed by atoms with Gasteiger partial charge in [0.2, 0.25) is 11.7 Å². The Morgan fingerprint density at radius 2 is 1.83 bits per heavy atom. The molecule has 1 aromatic heterocycles. The molecular weight excluding hydrogens is 314 g/mol. The Bertz CT molecular complexity index is 615. The second kappa shape index (κ2) is 8.43. The van der Waals surface area contributed by atoms with Crippen molar-refractivity contribution in [1.82, 2.24) is 5.32 Å². The van der Waals surface area contributed by atoms with Crippen LogP contribution in [0.2, 0.25) is 0 Å². The lowest BCUT2D eigenvalue weighted by Gasteiger charge is -2.14. The van der Waals surface area contributed by atoms with Crippen LogP contribution >= 0.6 is 11.3 Å². The van der Waals surface area contributed by atoms with Gasteiger partial charge in [0, 0.05) is 17.8 Å². The van der Waals surface area contributed by atoms with Crippen molar-refractivity contribution in [2.45, 2.75) is 19.4 Å². The number of methoxy groups -OCH3 is 3. The van der Waals surface area contributed by atoms with E-state index < -0.39 is 0 Å². The van der Waals surface area contributed by atoms with Crippen LogP contribution < -0.4 is 19.5 Å². The van der Waals surface area contributed by atoms with Crippen LogP contribution in [0.3, 0.4) is 0 Å². The van der Waals surface area contributed by atoms with Crippen LogP contribution in [0, 0.1) is 0 Å². The number of nitrogens with one attached hydrogen (secondary N) is 1. The van der Waals surface area contributed by atoms with Gasteiger partial charge in [-0.3, -0.25) is 4.79 Å². The van der Waals surface area contributed by atoms with Crippen molar-refractivity contribution in [1.29, 1.82) is 0 Å². The van der Waals surface area contributed by atoms with Crippen LogP contribution in [0.5, 0.6) is 17.2 Å². The zero-order valence-corrected chi connectivity index (χ0v) is 14.4. The van der Waals surface area contributed by atoms with Gasteiger partial charge in [-0.1, -0.05) is 6.07 Å². The Kier molecular flexibility index (Phi) is 6.29. The Labute approximate surface area is 140 Å². The molecule has 6 heteroatoms. The molecule has 1 N–H and O–H groups in total. The summed E-state index contributed by atoms with van der Waals surface area (Å²) in [6.45, 7) is 0.417. The molecule has 1 aromatic carbocycles. The quantitative estimate of drug-likeness (QED) is 0.806. The molecular formula is C17H21NO4S. The number of carbonyl (C=O) groups is 1. The van der Waals surface area contributed by atoms with Gasteiger partial charge in [0.05, 0.1) is 21.3 Å². The Hall–Kier alpha value is -2.21. The van der Waals surface area contributed by atoms with Crippen molar-refractivity contribution >= 4 is 17.2 Å². The lowest BCUT2D eigenvalue weighted by Crippen LogP contribution is -2.23. The highest BCUT2D eigenvalue weighted by Crippen LogP contribution is 2.38. The van der Waals surface area contributed by atoms with Crippen LogP contribution in [-0.4, -0.2) is 27.2 Å². The van der Waals surface area contributed by atoms with Crippen LogP contribution in [-0.2, 0) is 17.8 Å². The van der Waals surface area contributed by atoms with E-state index in [1.807, 2.05) is 29.6 Å². The van der Waals surface area contributed by atoms with Gasteiger partial charge in [0.1, 0.15) is 0 Å². The van der Waals surface area contributed by atoms with E-state index in [1.165, 1.54) is 4.88 Å². The number of hydrogen-bond acceptors (Lipinski definition) is 5. The third-order valence-corrected chi connectivity index (χ3v) is 4.33. The highest BCUT2D eigenvalue weighted by atomic mass is 32.1. The molecule has 23 heavy (non-hydrogen) atoms. The summed E-state index contributed by atoms with van der Waals surface area (Å²) in [4.78, 5) is 13.2. The van der Waals surface area contributed by atoms with Crippen molar-refractivity contribution in [2.75, 3.05) is 21.3 Å². The van der Waals surface area contributed by atoms with Gasteiger partial charge in [-0.05, 0) is 35.6 Å². The third kappa shape index (κ3) is 4.63. The standard InChI is InChI=1S/C17H21NO4S/c1-20-14-9-12(10-15(21-2)17(14)22-3)11-18-16(19)7-6-13-5-4-8-23-13/h4-5,8-10H,6-7,11H2,1-3H3,(H,18,19). The maximum absolute atomic E-state index is 11.9. The molecule has 0 bridgehead atoms. The molecule has 0 radical (unpaired) electrons. The zero-order chi connectivity index (χ0) is 16.7. The number of benzene rings is 1. The average molecular weight is 335 g/mol. The molecule has 0 fully saturated rings. The first-order valence-electron chi connectivity index (χ1n) is 7.26. The van der Waals surface area contributed by atoms with Gasteiger partial charge in [0.15, 0.2) is 11.5 Å². The fourth-order valence-electron chi connectivity index (χ4n) is 2.22. The fraction of sp³-hybridized carbons (Fsp3) is 0.353. The van der Waals surface area contributed by atoms with Crippen LogP contribution in [0.25, 0.3) is 0 Å². The van der Waals surface area contributed by atoms with Gasteiger partial charge in [-0.25, -0.2) is 0 Å². The molecule has 0 atom stereocenters. The predicted molar refractivity (Wildman–Crippen MR) is 90.6 cm³/mol. The molecule has 2 aromatic rings. The van der Waals surface area contributed by atoms with Gasteiger partial charge in [0.25, 0.3) is 0 Å². The highest BCUT2D eigenvalue weighted by Gasteiger charge is 2.13. The first-order valence-corrected chi connectivity index (χ1v) is 8.13. The maximum Gasteiger partial charge on any atom is 0.220 e. The Morgan fingerprint density at radius 3 is 2.35 bits per heavy atom. The number of carbonyl (C=O) groups excluding carboxylic acids is 1. The maximum atomic E-state index is 11.9. The van der Waals surface area contributed by atoms with Gasteiger partial charge in [-0.2, -0.15) is 0 Å². The van der Waals surface area contributed by atoms with Crippen molar-refractivity contribution in [3.63, 3.8) is 0 Å². The summed E-state index contributed by atoms with van der Waals surface area (Å²) >= 11 is 1.67. The molecule has 2 rings (SSSR count). The zero-order valence-electron chi connectivity index (χ0n) is 13.5. The molecule has 5 nitrogen and oxygen atoms in total. The SMILES string of the molecule is COc1cc(CNC(=O)CCc2cccs2)cc(OC)c1OC. The molecule has 124 valence electrons. The van der Waals surface area contributed by atoms with E-state index >= 15 is 0 Å². The van der Waals surface area contributed by atoms with Crippen LogP contribution in [0.15, 0.2) is 29.6 Å². The minimum absolute atomic E-state index is 0.0205. The van der Waals surface area contributed by atoms with E-state index in [2.05, 4.69) is 5.32 Å². The number of thiophene rings is 1. The first-order chi connectivity index (χ1) is 11.2. The summed E-state index contributed by atoms with van der Waals surface area (Å²) in [5.41, 5.74) is 0.893. The number of hydrogen-bond donors (Lipinski definition) is 1. The van der Waals surface area contributed by atoms with E-state index in [0.717, 1.165) is 12.0 Å². The average Bonchev–Trinajstić information content (AvgIpc) is 3.10. The number of amides is 1.